The number of hydrogen-bond donors (Lipinski definition) is 1. The van der Waals surface area contributed by atoms with Crippen LogP contribution in [0.5, 0.6) is 11.5 Å². The summed E-state index contributed by atoms with van der Waals surface area (Å²) in [6, 6.07) is 12.5. The summed E-state index contributed by atoms with van der Waals surface area (Å²) in [7, 11) is -2.22. The van der Waals surface area contributed by atoms with Gasteiger partial charge in [0.2, 0.25) is 9.84 Å². The lowest BCUT2D eigenvalue weighted by atomic mass is 10.3. The van der Waals surface area contributed by atoms with Crippen LogP contribution < -0.4 is 9.47 Å². The first-order valence-electron chi connectivity index (χ1n) is 6.31. The predicted molar refractivity (Wildman–Crippen MR) is 77.5 cm³/mol. The van der Waals surface area contributed by atoms with Gasteiger partial charge >= 0.3 is 0 Å². The molecule has 5 nitrogen and oxygen atoms in total. The Morgan fingerprint density at radius 2 is 1.71 bits per heavy atom. The van der Waals surface area contributed by atoms with E-state index in [1.165, 1.54) is 25.3 Å². The normalized spacial score (nSPS) is 11.1. The van der Waals surface area contributed by atoms with Crippen LogP contribution in [0.3, 0.4) is 0 Å². The maximum Gasteiger partial charge on any atom is 0.210 e. The minimum atomic E-state index is -3.65. The summed E-state index contributed by atoms with van der Waals surface area (Å²) >= 11 is 0. The molecule has 0 aromatic heterocycles. The van der Waals surface area contributed by atoms with Gasteiger partial charge in [0.25, 0.3) is 0 Å². The molecule has 0 radical (unpaired) electrons. The maximum absolute atomic E-state index is 12.6. The van der Waals surface area contributed by atoms with E-state index < -0.39 is 9.84 Å². The van der Waals surface area contributed by atoms with E-state index in [1.54, 1.807) is 30.3 Å². The second-order valence-corrected chi connectivity index (χ2v) is 6.12. The largest absolute Gasteiger partial charge is 0.495 e. The van der Waals surface area contributed by atoms with Crippen LogP contribution in [-0.4, -0.2) is 33.8 Å². The molecule has 0 unspecified atom stereocenters. The van der Waals surface area contributed by atoms with Crippen LogP contribution in [0.25, 0.3) is 0 Å². The van der Waals surface area contributed by atoms with Gasteiger partial charge in [-0.1, -0.05) is 12.1 Å². The SMILES string of the molecule is COc1ccccc1S(=O)(=O)c1ccc(OCCO)cc1. The van der Waals surface area contributed by atoms with Crippen LogP contribution in [0.1, 0.15) is 0 Å². The molecule has 2 rings (SSSR count). The summed E-state index contributed by atoms with van der Waals surface area (Å²) < 4.78 is 35.5. The number of rotatable bonds is 6. The quantitative estimate of drug-likeness (QED) is 0.882. The van der Waals surface area contributed by atoms with E-state index in [2.05, 4.69) is 0 Å². The number of sulfone groups is 1. The van der Waals surface area contributed by atoms with E-state index in [1.807, 2.05) is 0 Å². The Morgan fingerprint density at radius 1 is 1.05 bits per heavy atom. The summed E-state index contributed by atoms with van der Waals surface area (Å²) in [5, 5.41) is 8.68. The number of aliphatic hydroxyl groups is 1. The van der Waals surface area contributed by atoms with Crippen molar-refractivity contribution in [3.63, 3.8) is 0 Å². The van der Waals surface area contributed by atoms with Crippen molar-refractivity contribution in [3.05, 3.63) is 48.5 Å². The lowest BCUT2D eigenvalue weighted by Crippen LogP contribution is -2.05. The van der Waals surface area contributed by atoms with Crippen LogP contribution in [0, 0.1) is 0 Å². The molecule has 0 atom stereocenters. The van der Waals surface area contributed by atoms with Crippen molar-refractivity contribution in [2.45, 2.75) is 9.79 Å². The molecule has 0 heterocycles. The molecule has 0 fully saturated rings. The monoisotopic (exact) mass is 308 g/mol. The Labute approximate surface area is 123 Å². The molecule has 0 spiro atoms. The smallest absolute Gasteiger partial charge is 0.210 e. The molecular weight excluding hydrogens is 292 g/mol. The van der Waals surface area contributed by atoms with E-state index in [4.69, 9.17) is 14.6 Å². The summed E-state index contributed by atoms with van der Waals surface area (Å²) in [5.41, 5.74) is 0. The van der Waals surface area contributed by atoms with Crippen LogP contribution >= 0.6 is 0 Å². The molecule has 0 aliphatic carbocycles. The molecule has 112 valence electrons. The third-order valence-corrected chi connectivity index (χ3v) is 4.66. The summed E-state index contributed by atoms with van der Waals surface area (Å²) in [6.45, 7) is 0.0693. The molecule has 21 heavy (non-hydrogen) atoms. The van der Waals surface area contributed by atoms with Crippen molar-refractivity contribution in [3.8, 4) is 11.5 Å². The number of hydrogen-bond acceptors (Lipinski definition) is 5. The van der Waals surface area contributed by atoms with Gasteiger partial charge in [-0.2, -0.15) is 0 Å². The Hall–Kier alpha value is -2.05. The van der Waals surface area contributed by atoms with Gasteiger partial charge in [-0.25, -0.2) is 8.42 Å². The van der Waals surface area contributed by atoms with E-state index in [-0.39, 0.29) is 23.0 Å². The Balaban J connectivity index is 2.35. The molecule has 0 amide bonds. The van der Waals surface area contributed by atoms with Gasteiger partial charge in [-0.05, 0) is 36.4 Å². The molecule has 2 aromatic rings. The summed E-state index contributed by atoms with van der Waals surface area (Å²) in [5.74, 6) is 0.807. The molecule has 0 bridgehead atoms. The first-order valence-corrected chi connectivity index (χ1v) is 7.79. The van der Waals surface area contributed by atoms with Crippen LogP contribution in [0.2, 0.25) is 0 Å². The molecule has 2 aromatic carbocycles. The highest BCUT2D eigenvalue weighted by Crippen LogP contribution is 2.29. The average Bonchev–Trinajstić information content (AvgIpc) is 2.53. The lowest BCUT2D eigenvalue weighted by Gasteiger charge is -2.10. The molecule has 0 saturated heterocycles. The first kappa shape index (κ1) is 15.3. The molecule has 0 aliphatic rings. The number of methoxy groups -OCH3 is 1. The van der Waals surface area contributed by atoms with Gasteiger partial charge in [-0.3, -0.25) is 0 Å². The third-order valence-electron chi connectivity index (χ3n) is 2.85. The van der Waals surface area contributed by atoms with Gasteiger partial charge in [0, 0.05) is 0 Å². The predicted octanol–water partition coefficient (Wildman–Crippen LogP) is 1.90. The Kier molecular flexibility index (Phi) is 4.82. The average molecular weight is 308 g/mol. The highest BCUT2D eigenvalue weighted by atomic mass is 32.2. The number of aliphatic hydroxyl groups excluding tert-OH is 1. The van der Waals surface area contributed by atoms with Crippen molar-refractivity contribution >= 4 is 9.84 Å². The molecular formula is C15H16O5S. The highest BCUT2D eigenvalue weighted by Gasteiger charge is 2.21. The third kappa shape index (κ3) is 3.34. The van der Waals surface area contributed by atoms with E-state index >= 15 is 0 Å². The summed E-state index contributed by atoms with van der Waals surface area (Å²) in [6.07, 6.45) is 0. The van der Waals surface area contributed by atoms with Crippen molar-refractivity contribution in [1.29, 1.82) is 0 Å². The fraction of sp³-hybridized carbons (Fsp3) is 0.200. The van der Waals surface area contributed by atoms with Crippen molar-refractivity contribution in [1.82, 2.24) is 0 Å². The van der Waals surface area contributed by atoms with Crippen molar-refractivity contribution in [2.24, 2.45) is 0 Å². The standard InChI is InChI=1S/C15H16O5S/c1-19-14-4-2-3-5-15(14)21(17,18)13-8-6-12(7-9-13)20-11-10-16/h2-9,16H,10-11H2,1H3. The molecule has 0 saturated carbocycles. The van der Waals surface area contributed by atoms with Crippen molar-refractivity contribution in [2.75, 3.05) is 20.3 Å². The second-order valence-electron chi connectivity index (χ2n) is 4.20. The number of para-hydroxylation sites is 1. The first-order chi connectivity index (χ1) is 10.1. The summed E-state index contributed by atoms with van der Waals surface area (Å²) in [4.78, 5) is 0.278. The zero-order valence-electron chi connectivity index (χ0n) is 11.5. The number of ether oxygens (including phenoxy) is 2. The van der Waals surface area contributed by atoms with Gasteiger partial charge in [-0.15, -0.1) is 0 Å². The minimum Gasteiger partial charge on any atom is -0.495 e. The van der Waals surface area contributed by atoms with E-state index in [0.29, 0.717) is 11.5 Å². The van der Waals surface area contributed by atoms with Crippen LogP contribution in [-0.2, 0) is 9.84 Å². The lowest BCUT2D eigenvalue weighted by molar-refractivity contribution is 0.201. The minimum absolute atomic E-state index is 0.0960. The highest BCUT2D eigenvalue weighted by molar-refractivity contribution is 7.91. The van der Waals surface area contributed by atoms with Gasteiger partial charge in [0.05, 0.1) is 18.6 Å². The molecule has 6 heteroatoms. The topological polar surface area (TPSA) is 72.8 Å². The van der Waals surface area contributed by atoms with Crippen molar-refractivity contribution < 1.29 is 23.0 Å². The van der Waals surface area contributed by atoms with Gasteiger partial charge < -0.3 is 14.6 Å². The fourth-order valence-electron chi connectivity index (χ4n) is 1.85. The van der Waals surface area contributed by atoms with E-state index in [9.17, 15) is 8.42 Å². The van der Waals surface area contributed by atoms with Crippen LogP contribution in [0.15, 0.2) is 58.3 Å². The maximum atomic E-state index is 12.6. The van der Waals surface area contributed by atoms with Gasteiger partial charge in [0.15, 0.2) is 0 Å². The number of benzene rings is 2. The molecule has 0 aliphatic heterocycles. The Bertz CT molecular complexity index is 692. The van der Waals surface area contributed by atoms with Gasteiger partial charge in [0.1, 0.15) is 23.0 Å². The fourth-order valence-corrected chi connectivity index (χ4v) is 3.27. The zero-order chi connectivity index (χ0) is 15.3. The van der Waals surface area contributed by atoms with Crippen LogP contribution in [0.4, 0.5) is 0 Å². The van der Waals surface area contributed by atoms with E-state index in [0.717, 1.165) is 0 Å². The second kappa shape index (κ2) is 6.60. The molecule has 1 N–H and O–H groups in total. The Morgan fingerprint density at radius 3 is 2.33 bits per heavy atom. The zero-order valence-corrected chi connectivity index (χ0v) is 12.3.